The third-order valence-corrected chi connectivity index (χ3v) is 4.76. The van der Waals surface area contributed by atoms with E-state index in [2.05, 4.69) is 5.32 Å². The molecular formula is C23H37ClN2O5. The number of alkyl carbamates (subject to hydrolysis) is 1. The first-order chi connectivity index (χ1) is 14.3. The lowest BCUT2D eigenvalue weighted by Gasteiger charge is -2.32. The molecule has 1 aromatic carbocycles. The second-order valence-corrected chi connectivity index (χ2v) is 9.86. The van der Waals surface area contributed by atoms with Crippen molar-refractivity contribution in [2.75, 3.05) is 30.6 Å². The molecule has 1 unspecified atom stereocenters. The topological polar surface area (TPSA) is 88.1 Å². The standard InChI is InChI=1S/C23H37ClN2O5/c1-16(2)14-30-20(27)13-23(7,15-25-21(28)31-22(4,5)6)19-9-8-18(12-17(19)3)26(29)11-10-24/h8-9,12,16,29H,10-11,13-15H2,1-7H3,(H,25,28). The summed E-state index contributed by atoms with van der Waals surface area (Å²) in [5, 5.41) is 14.0. The Kier molecular flexibility index (Phi) is 10.1. The van der Waals surface area contributed by atoms with Crippen LogP contribution in [0.1, 0.15) is 59.1 Å². The minimum absolute atomic E-state index is 0.0836. The highest BCUT2D eigenvalue weighted by Gasteiger charge is 2.33. The van der Waals surface area contributed by atoms with Gasteiger partial charge in [0, 0.05) is 17.8 Å². The summed E-state index contributed by atoms with van der Waals surface area (Å²) in [6, 6.07) is 5.45. The van der Waals surface area contributed by atoms with E-state index in [4.69, 9.17) is 21.1 Å². The Balaban J connectivity index is 3.14. The Morgan fingerprint density at radius 3 is 2.39 bits per heavy atom. The maximum atomic E-state index is 12.6. The lowest BCUT2D eigenvalue weighted by Crippen LogP contribution is -2.43. The van der Waals surface area contributed by atoms with Crippen LogP contribution < -0.4 is 10.4 Å². The first-order valence-corrected chi connectivity index (χ1v) is 11.1. The molecule has 0 aromatic heterocycles. The van der Waals surface area contributed by atoms with Crippen LogP contribution in [0.5, 0.6) is 0 Å². The highest BCUT2D eigenvalue weighted by molar-refractivity contribution is 6.18. The van der Waals surface area contributed by atoms with E-state index in [-0.39, 0.29) is 30.7 Å². The fourth-order valence-electron chi connectivity index (χ4n) is 3.16. The van der Waals surface area contributed by atoms with Gasteiger partial charge < -0.3 is 14.8 Å². The molecular weight excluding hydrogens is 420 g/mol. The summed E-state index contributed by atoms with van der Waals surface area (Å²) in [5.74, 6) is 0.182. The zero-order valence-electron chi connectivity index (χ0n) is 19.8. The third-order valence-electron chi connectivity index (χ3n) is 4.59. The molecule has 7 nitrogen and oxygen atoms in total. The number of nitrogens with one attached hydrogen (secondary N) is 1. The van der Waals surface area contributed by atoms with E-state index in [0.717, 1.165) is 16.2 Å². The number of esters is 1. The van der Waals surface area contributed by atoms with Crippen molar-refractivity contribution in [3.05, 3.63) is 29.3 Å². The second kappa shape index (κ2) is 11.6. The maximum absolute atomic E-state index is 12.6. The predicted molar refractivity (Wildman–Crippen MR) is 123 cm³/mol. The van der Waals surface area contributed by atoms with Crippen LogP contribution in [0.25, 0.3) is 0 Å². The number of amides is 1. The van der Waals surface area contributed by atoms with E-state index in [9.17, 15) is 14.8 Å². The van der Waals surface area contributed by atoms with E-state index in [1.54, 1.807) is 26.8 Å². The van der Waals surface area contributed by atoms with E-state index in [1.807, 2.05) is 39.8 Å². The number of benzene rings is 1. The molecule has 0 heterocycles. The number of carbonyl (C=O) groups is 2. The Bertz CT molecular complexity index is 748. The van der Waals surface area contributed by atoms with Crippen LogP contribution in [0, 0.1) is 12.8 Å². The first kappa shape index (κ1) is 27.0. The van der Waals surface area contributed by atoms with Gasteiger partial charge in [-0.25, -0.2) is 4.79 Å². The van der Waals surface area contributed by atoms with Crippen LogP contribution in [0.15, 0.2) is 18.2 Å². The van der Waals surface area contributed by atoms with Crippen molar-refractivity contribution >= 4 is 29.4 Å². The van der Waals surface area contributed by atoms with Crippen molar-refractivity contribution in [3.8, 4) is 0 Å². The summed E-state index contributed by atoms with van der Waals surface area (Å²) in [6.45, 7) is 13.9. The van der Waals surface area contributed by atoms with Gasteiger partial charge in [0.2, 0.25) is 0 Å². The number of hydrogen-bond acceptors (Lipinski definition) is 6. The fourth-order valence-corrected chi connectivity index (χ4v) is 3.32. The Hall–Kier alpha value is -1.99. The van der Waals surface area contributed by atoms with Crippen LogP contribution >= 0.6 is 11.6 Å². The molecule has 176 valence electrons. The van der Waals surface area contributed by atoms with E-state index < -0.39 is 17.1 Å². The Morgan fingerprint density at radius 1 is 1.23 bits per heavy atom. The van der Waals surface area contributed by atoms with Crippen molar-refractivity contribution in [2.24, 2.45) is 5.92 Å². The molecule has 0 bridgehead atoms. The molecule has 0 aliphatic heterocycles. The van der Waals surface area contributed by atoms with Gasteiger partial charge in [-0.2, -0.15) is 0 Å². The Morgan fingerprint density at radius 2 is 1.87 bits per heavy atom. The lowest BCUT2D eigenvalue weighted by atomic mass is 9.77. The van der Waals surface area contributed by atoms with Crippen molar-refractivity contribution in [3.63, 3.8) is 0 Å². The van der Waals surface area contributed by atoms with E-state index in [1.165, 1.54) is 0 Å². The Labute approximate surface area is 191 Å². The van der Waals surface area contributed by atoms with Crippen LogP contribution in [0.4, 0.5) is 10.5 Å². The van der Waals surface area contributed by atoms with Crippen molar-refractivity contribution in [1.82, 2.24) is 5.32 Å². The molecule has 1 aromatic rings. The highest BCUT2D eigenvalue weighted by Crippen LogP contribution is 2.32. The quantitative estimate of drug-likeness (QED) is 0.298. The molecule has 2 N–H and O–H groups in total. The number of ether oxygens (including phenoxy) is 2. The molecule has 0 saturated carbocycles. The van der Waals surface area contributed by atoms with Crippen molar-refractivity contribution < 1.29 is 24.3 Å². The smallest absolute Gasteiger partial charge is 0.407 e. The summed E-state index contributed by atoms with van der Waals surface area (Å²) in [4.78, 5) is 24.8. The van der Waals surface area contributed by atoms with E-state index in [0.29, 0.717) is 18.8 Å². The van der Waals surface area contributed by atoms with Gasteiger partial charge >= 0.3 is 12.1 Å². The molecule has 0 fully saturated rings. The summed E-state index contributed by atoms with van der Waals surface area (Å²) in [5.41, 5.74) is 0.984. The number of halogens is 1. The second-order valence-electron chi connectivity index (χ2n) is 9.48. The molecule has 31 heavy (non-hydrogen) atoms. The average molecular weight is 457 g/mol. The number of aryl methyl sites for hydroxylation is 1. The number of carbonyl (C=O) groups excluding carboxylic acids is 2. The van der Waals surface area contributed by atoms with Crippen LogP contribution in [-0.2, 0) is 19.7 Å². The molecule has 0 saturated heterocycles. The average Bonchev–Trinajstić information content (AvgIpc) is 2.63. The number of nitrogens with zero attached hydrogens (tertiary/aromatic N) is 1. The summed E-state index contributed by atoms with van der Waals surface area (Å²) < 4.78 is 10.7. The molecule has 0 aliphatic carbocycles. The third kappa shape index (κ3) is 9.35. The molecule has 1 amide bonds. The maximum Gasteiger partial charge on any atom is 0.407 e. The molecule has 0 spiro atoms. The van der Waals surface area contributed by atoms with Crippen LogP contribution in [0.3, 0.4) is 0 Å². The lowest BCUT2D eigenvalue weighted by molar-refractivity contribution is -0.146. The zero-order valence-corrected chi connectivity index (χ0v) is 20.5. The number of hydrogen-bond donors (Lipinski definition) is 2. The number of anilines is 1. The van der Waals surface area contributed by atoms with E-state index >= 15 is 0 Å². The predicted octanol–water partition coefficient (Wildman–Crippen LogP) is 4.80. The molecule has 1 rings (SSSR count). The minimum atomic E-state index is -0.736. The van der Waals surface area contributed by atoms with Gasteiger partial charge in [0.15, 0.2) is 0 Å². The zero-order chi connectivity index (χ0) is 23.8. The van der Waals surface area contributed by atoms with Gasteiger partial charge in [-0.1, -0.05) is 26.8 Å². The van der Waals surface area contributed by atoms with Crippen LogP contribution in [-0.4, -0.2) is 48.4 Å². The first-order valence-electron chi connectivity index (χ1n) is 10.5. The van der Waals surface area contributed by atoms with Gasteiger partial charge in [0.1, 0.15) is 5.60 Å². The van der Waals surface area contributed by atoms with Crippen LogP contribution in [0.2, 0.25) is 0 Å². The number of rotatable bonds is 10. The number of hydroxylamine groups is 1. The SMILES string of the molecule is Cc1cc(N(O)CCCl)ccc1C(C)(CNC(=O)OC(C)(C)C)CC(=O)OCC(C)C. The monoisotopic (exact) mass is 456 g/mol. The fraction of sp³-hybridized carbons (Fsp3) is 0.652. The van der Waals surface area contributed by atoms with Crippen molar-refractivity contribution in [1.29, 1.82) is 0 Å². The normalized spacial score (nSPS) is 13.5. The summed E-state index contributed by atoms with van der Waals surface area (Å²) >= 11 is 5.71. The van der Waals surface area contributed by atoms with Gasteiger partial charge in [0.25, 0.3) is 0 Å². The van der Waals surface area contributed by atoms with Gasteiger partial charge in [-0.3, -0.25) is 15.1 Å². The van der Waals surface area contributed by atoms with Crippen molar-refractivity contribution in [2.45, 2.75) is 65.9 Å². The highest BCUT2D eigenvalue weighted by atomic mass is 35.5. The van der Waals surface area contributed by atoms with Gasteiger partial charge in [-0.15, -0.1) is 11.6 Å². The molecule has 0 aliphatic rings. The summed E-state index contributed by atoms with van der Waals surface area (Å²) in [6.07, 6.45) is -0.465. The minimum Gasteiger partial charge on any atom is -0.465 e. The molecule has 1 atom stereocenters. The summed E-state index contributed by atoms with van der Waals surface area (Å²) in [7, 11) is 0. The molecule has 8 heteroatoms. The molecule has 0 radical (unpaired) electrons. The van der Waals surface area contributed by atoms with Gasteiger partial charge in [-0.05, 0) is 56.9 Å². The number of alkyl halides is 1. The largest absolute Gasteiger partial charge is 0.465 e. The van der Waals surface area contributed by atoms with Gasteiger partial charge in [0.05, 0.1) is 25.3 Å².